The zero-order chi connectivity index (χ0) is 17.4. The number of ether oxygens (including phenoxy) is 3. The number of aliphatic hydroxyl groups excluding tert-OH is 7. The van der Waals surface area contributed by atoms with Crippen LogP contribution < -0.4 is 0 Å². The summed E-state index contributed by atoms with van der Waals surface area (Å²) in [5, 5.41) is 77.1. The van der Waals surface area contributed by atoms with Crippen LogP contribution in [0, 0.1) is 0 Å². The van der Waals surface area contributed by atoms with E-state index in [2.05, 4.69) is 0 Å². The van der Waals surface area contributed by atoms with Crippen LogP contribution in [0.2, 0.25) is 0 Å². The van der Waals surface area contributed by atoms with Crippen molar-refractivity contribution in [2.24, 2.45) is 0 Å². The SMILES string of the molecule is OC[C@H]1OC(O[C@@H]2[C@H](O)COC(O)(CO)[C@H]2O)[C@H](O)[C@@H](O)[C@@H]1O. The van der Waals surface area contributed by atoms with Gasteiger partial charge in [-0.05, 0) is 0 Å². The Balaban J connectivity index is 2.12. The summed E-state index contributed by atoms with van der Waals surface area (Å²) in [4.78, 5) is 0. The number of aliphatic hydroxyl groups is 8. The van der Waals surface area contributed by atoms with Crippen LogP contribution in [-0.2, 0) is 14.2 Å². The van der Waals surface area contributed by atoms with Crippen molar-refractivity contribution in [2.75, 3.05) is 19.8 Å². The Kier molecular flexibility index (Phi) is 5.92. The molecular formula is C12H22O11. The molecule has 0 aliphatic carbocycles. The Bertz CT molecular complexity index is 393. The Morgan fingerprint density at radius 2 is 1.65 bits per heavy atom. The van der Waals surface area contributed by atoms with Crippen LogP contribution in [0.5, 0.6) is 0 Å². The summed E-state index contributed by atoms with van der Waals surface area (Å²) in [7, 11) is 0. The molecule has 0 radical (unpaired) electrons. The summed E-state index contributed by atoms with van der Waals surface area (Å²) in [5.41, 5.74) is 0. The van der Waals surface area contributed by atoms with Gasteiger partial charge in [-0.1, -0.05) is 0 Å². The Labute approximate surface area is 130 Å². The van der Waals surface area contributed by atoms with E-state index >= 15 is 0 Å². The molecule has 0 aromatic carbocycles. The topological polar surface area (TPSA) is 190 Å². The Hall–Kier alpha value is -0.440. The highest BCUT2D eigenvalue weighted by Crippen LogP contribution is 2.29. The summed E-state index contributed by atoms with van der Waals surface area (Å²) in [5.74, 6) is -2.38. The quantitative estimate of drug-likeness (QED) is 0.243. The average Bonchev–Trinajstić information content (AvgIpc) is 2.55. The summed E-state index contributed by atoms with van der Waals surface area (Å²) in [6.45, 7) is -2.13. The summed E-state index contributed by atoms with van der Waals surface area (Å²) >= 11 is 0. The monoisotopic (exact) mass is 342 g/mol. The van der Waals surface area contributed by atoms with E-state index in [1.165, 1.54) is 0 Å². The van der Waals surface area contributed by atoms with Crippen molar-refractivity contribution in [3.05, 3.63) is 0 Å². The van der Waals surface area contributed by atoms with E-state index in [1.807, 2.05) is 0 Å². The van der Waals surface area contributed by atoms with E-state index in [1.54, 1.807) is 0 Å². The average molecular weight is 342 g/mol. The predicted molar refractivity (Wildman–Crippen MR) is 68.6 cm³/mol. The van der Waals surface area contributed by atoms with Crippen molar-refractivity contribution in [3.63, 3.8) is 0 Å². The molecule has 11 heteroatoms. The van der Waals surface area contributed by atoms with Gasteiger partial charge >= 0.3 is 0 Å². The Morgan fingerprint density at radius 1 is 1.00 bits per heavy atom. The Morgan fingerprint density at radius 3 is 2.22 bits per heavy atom. The highest BCUT2D eigenvalue weighted by atomic mass is 16.7. The third-order valence-corrected chi connectivity index (χ3v) is 4.02. The molecule has 8 N–H and O–H groups in total. The minimum Gasteiger partial charge on any atom is -0.394 e. The number of hydrogen-bond acceptors (Lipinski definition) is 11. The van der Waals surface area contributed by atoms with Crippen molar-refractivity contribution in [1.82, 2.24) is 0 Å². The van der Waals surface area contributed by atoms with Crippen LogP contribution in [-0.4, -0.2) is 115 Å². The van der Waals surface area contributed by atoms with Crippen molar-refractivity contribution < 1.29 is 55.1 Å². The van der Waals surface area contributed by atoms with Crippen LogP contribution in [0.15, 0.2) is 0 Å². The van der Waals surface area contributed by atoms with Gasteiger partial charge in [-0.15, -0.1) is 0 Å². The van der Waals surface area contributed by atoms with Gasteiger partial charge in [-0.2, -0.15) is 0 Å². The van der Waals surface area contributed by atoms with E-state index in [-0.39, 0.29) is 0 Å². The second-order valence-corrected chi connectivity index (χ2v) is 5.62. The van der Waals surface area contributed by atoms with E-state index in [9.17, 15) is 30.6 Å². The molecule has 0 spiro atoms. The molecule has 9 atom stereocenters. The summed E-state index contributed by atoms with van der Waals surface area (Å²) in [6.07, 6.45) is -12.7. The second-order valence-electron chi connectivity index (χ2n) is 5.62. The molecule has 23 heavy (non-hydrogen) atoms. The van der Waals surface area contributed by atoms with Gasteiger partial charge in [0.05, 0.1) is 19.8 Å². The molecule has 2 unspecified atom stereocenters. The molecule has 0 amide bonds. The van der Waals surface area contributed by atoms with Crippen LogP contribution in [0.25, 0.3) is 0 Å². The first kappa shape index (κ1) is 18.9. The fraction of sp³-hybridized carbons (Fsp3) is 1.00. The van der Waals surface area contributed by atoms with Crippen LogP contribution in [0.1, 0.15) is 0 Å². The molecule has 11 nitrogen and oxygen atoms in total. The molecule has 2 aliphatic heterocycles. The predicted octanol–water partition coefficient (Wildman–Crippen LogP) is -5.40. The molecular weight excluding hydrogens is 320 g/mol. The lowest BCUT2D eigenvalue weighted by molar-refractivity contribution is -0.373. The molecule has 0 bridgehead atoms. The third-order valence-electron chi connectivity index (χ3n) is 4.02. The van der Waals surface area contributed by atoms with E-state index in [0.717, 1.165) is 0 Å². The highest BCUT2D eigenvalue weighted by Gasteiger charge is 2.52. The second kappa shape index (κ2) is 7.21. The van der Waals surface area contributed by atoms with Gasteiger partial charge in [0.15, 0.2) is 6.29 Å². The summed E-state index contributed by atoms with van der Waals surface area (Å²) in [6, 6.07) is 0. The standard InChI is InChI=1S/C12H22O11/c13-1-5-6(16)7(17)8(18)11(22-5)23-9-4(15)2-21-12(20,3-14)10(9)19/h4-11,13-20H,1-3H2/t4-,5-,6-,7+,8-,9-,10+,11?,12?/m1/s1. The van der Waals surface area contributed by atoms with Crippen LogP contribution >= 0.6 is 0 Å². The van der Waals surface area contributed by atoms with Crippen molar-refractivity contribution in [1.29, 1.82) is 0 Å². The van der Waals surface area contributed by atoms with Gasteiger partial charge in [0.25, 0.3) is 0 Å². The molecule has 0 aromatic rings. The molecule has 0 aromatic heterocycles. The zero-order valence-electron chi connectivity index (χ0n) is 12.0. The van der Waals surface area contributed by atoms with Crippen molar-refractivity contribution in [2.45, 2.75) is 54.8 Å². The van der Waals surface area contributed by atoms with E-state index in [0.29, 0.717) is 0 Å². The summed E-state index contributed by atoms with van der Waals surface area (Å²) < 4.78 is 15.1. The first-order valence-electron chi connectivity index (χ1n) is 7.04. The molecule has 136 valence electrons. The largest absolute Gasteiger partial charge is 0.394 e. The van der Waals surface area contributed by atoms with Crippen LogP contribution in [0.4, 0.5) is 0 Å². The van der Waals surface area contributed by atoms with E-state index < -0.39 is 74.6 Å². The lowest BCUT2D eigenvalue weighted by Gasteiger charge is -2.46. The van der Waals surface area contributed by atoms with E-state index in [4.69, 9.17) is 24.4 Å². The zero-order valence-corrected chi connectivity index (χ0v) is 12.0. The maximum atomic E-state index is 10.00. The van der Waals surface area contributed by atoms with Crippen molar-refractivity contribution in [3.8, 4) is 0 Å². The van der Waals surface area contributed by atoms with Gasteiger partial charge < -0.3 is 55.1 Å². The number of hydrogen-bond donors (Lipinski definition) is 8. The molecule has 0 saturated carbocycles. The molecule has 2 saturated heterocycles. The smallest absolute Gasteiger partial charge is 0.218 e. The third kappa shape index (κ3) is 3.50. The molecule has 2 heterocycles. The number of rotatable bonds is 4. The maximum absolute atomic E-state index is 10.00. The minimum atomic E-state index is -2.38. The van der Waals surface area contributed by atoms with Gasteiger partial charge in [0.2, 0.25) is 5.79 Å². The highest BCUT2D eigenvalue weighted by molar-refractivity contribution is 4.95. The van der Waals surface area contributed by atoms with Gasteiger partial charge in [-0.25, -0.2) is 0 Å². The fourth-order valence-corrected chi connectivity index (χ4v) is 2.52. The van der Waals surface area contributed by atoms with Gasteiger partial charge in [0, 0.05) is 0 Å². The van der Waals surface area contributed by atoms with Crippen molar-refractivity contribution >= 4 is 0 Å². The minimum absolute atomic E-state index is 0.476. The first-order chi connectivity index (χ1) is 10.7. The molecule has 2 fully saturated rings. The first-order valence-corrected chi connectivity index (χ1v) is 7.04. The fourth-order valence-electron chi connectivity index (χ4n) is 2.52. The normalized spacial score (nSPS) is 51.7. The lowest BCUT2D eigenvalue weighted by atomic mass is 9.96. The molecule has 2 rings (SSSR count). The molecule has 2 aliphatic rings. The maximum Gasteiger partial charge on any atom is 0.218 e. The van der Waals surface area contributed by atoms with Gasteiger partial charge in [0.1, 0.15) is 42.7 Å². The van der Waals surface area contributed by atoms with Gasteiger partial charge in [-0.3, -0.25) is 0 Å². The van der Waals surface area contributed by atoms with Crippen LogP contribution in [0.3, 0.4) is 0 Å². The lowest BCUT2D eigenvalue weighted by Crippen LogP contribution is -2.66.